The lowest BCUT2D eigenvalue weighted by Gasteiger charge is -2.33. The second-order valence-corrected chi connectivity index (χ2v) is 7.29. The molecule has 0 spiro atoms. The summed E-state index contributed by atoms with van der Waals surface area (Å²) in [5.74, 6) is 0. The van der Waals surface area contributed by atoms with E-state index in [0.29, 0.717) is 0 Å². The monoisotopic (exact) mass is 346 g/mol. The largest absolute Gasteiger partial charge is 0.395 e. The van der Waals surface area contributed by atoms with E-state index >= 15 is 0 Å². The molecule has 0 saturated carbocycles. The van der Waals surface area contributed by atoms with Crippen molar-refractivity contribution in [3.8, 4) is 0 Å². The summed E-state index contributed by atoms with van der Waals surface area (Å²) in [6.07, 6.45) is 0. The molecule has 3 rings (SSSR count). The first-order chi connectivity index (χ1) is 12.5. The van der Waals surface area contributed by atoms with Crippen molar-refractivity contribution in [3.63, 3.8) is 0 Å². The van der Waals surface area contributed by atoms with Gasteiger partial charge in [-0.15, -0.1) is 0 Å². The molecule has 0 saturated heterocycles. The van der Waals surface area contributed by atoms with Crippen LogP contribution in [-0.2, 0) is 10.8 Å². The molecule has 0 fully saturated rings. The molecule has 2 unspecified atom stereocenters. The highest BCUT2D eigenvalue weighted by Crippen LogP contribution is 2.36. The van der Waals surface area contributed by atoms with Crippen molar-refractivity contribution in [2.24, 2.45) is 0 Å². The topological polar surface area (TPSA) is 40.5 Å². The Kier molecular flexibility index (Phi) is 5.26. The van der Waals surface area contributed by atoms with Crippen LogP contribution in [0.1, 0.15) is 36.1 Å². The van der Waals surface area contributed by atoms with Crippen molar-refractivity contribution < 1.29 is 10.2 Å². The summed E-state index contributed by atoms with van der Waals surface area (Å²) < 4.78 is 0. The Morgan fingerprint density at radius 3 is 1.23 bits per heavy atom. The van der Waals surface area contributed by atoms with E-state index in [-0.39, 0.29) is 13.2 Å². The van der Waals surface area contributed by atoms with E-state index < -0.39 is 10.8 Å². The zero-order valence-electron chi connectivity index (χ0n) is 15.4. The minimum absolute atomic E-state index is 0.0155. The van der Waals surface area contributed by atoms with Crippen LogP contribution in [0.2, 0.25) is 0 Å². The molecule has 0 aromatic heterocycles. The predicted molar refractivity (Wildman–Crippen MR) is 106 cm³/mol. The minimum Gasteiger partial charge on any atom is -0.395 e. The maximum atomic E-state index is 10.2. The maximum absolute atomic E-state index is 10.2. The van der Waals surface area contributed by atoms with Gasteiger partial charge in [0.1, 0.15) is 0 Å². The van der Waals surface area contributed by atoms with Gasteiger partial charge in [0.25, 0.3) is 0 Å². The van der Waals surface area contributed by atoms with Crippen LogP contribution in [0.15, 0.2) is 84.9 Å². The summed E-state index contributed by atoms with van der Waals surface area (Å²) in [7, 11) is 0. The van der Waals surface area contributed by atoms with E-state index in [1.807, 2.05) is 66.7 Å². The molecule has 0 heterocycles. The number of hydrogen-bond acceptors (Lipinski definition) is 2. The van der Waals surface area contributed by atoms with Gasteiger partial charge in [0.15, 0.2) is 0 Å². The molecule has 0 bridgehead atoms. The number of aliphatic hydroxyl groups excluding tert-OH is 2. The molecule has 0 amide bonds. The Balaban J connectivity index is 2.10. The van der Waals surface area contributed by atoms with Crippen molar-refractivity contribution in [1.82, 2.24) is 0 Å². The smallest absolute Gasteiger partial charge is 0.0566 e. The van der Waals surface area contributed by atoms with Gasteiger partial charge >= 0.3 is 0 Å². The lowest BCUT2D eigenvalue weighted by molar-refractivity contribution is 0.227. The molecule has 2 N–H and O–H groups in total. The third kappa shape index (κ3) is 3.18. The van der Waals surface area contributed by atoms with Gasteiger partial charge in [-0.1, -0.05) is 84.9 Å². The lowest BCUT2D eigenvalue weighted by Crippen LogP contribution is -2.31. The number of benzene rings is 3. The van der Waals surface area contributed by atoms with Gasteiger partial charge in [0.05, 0.1) is 13.2 Å². The molecule has 2 atom stereocenters. The van der Waals surface area contributed by atoms with E-state index in [1.165, 1.54) is 0 Å². The number of aliphatic hydroxyl groups is 2. The number of hydrogen-bond donors (Lipinski definition) is 2. The zero-order chi connectivity index (χ0) is 18.6. The van der Waals surface area contributed by atoms with Gasteiger partial charge in [-0.05, 0) is 36.1 Å². The Bertz CT molecular complexity index is 776. The van der Waals surface area contributed by atoms with Crippen LogP contribution in [0.4, 0.5) is 0 Å². The summed E-state index contributed by atoms with van der Waals surface area (Å²) in [6, 6.07) is 28.4. The van der Waals surface area contributed by atoms with Crippen molar-refractivity contribution in [2.75, 3.05) is 13.2 Å². The molecule has 3 aromatic carbocycles. The molecule has 3 aromatic rings. The predicted octanol–water partition coefficient (Wildman–Crippen LogP) is 4.28. The van der Waals surface area contributed by atoms with Crippen molar-refractivity contribution in [2.45, 2.75) is 24.7 Å². The van der Waals surface area contributed by atoms with Gasteiger partial charge in [-0.2, -0.15) is 0 Å². The van der Waals surface area contributed by atoms with Gasteiger partial charge in [-0.25, -0.2) is 0 Å². The van der Waals surface area contributed by atoms with Crippen LogP contribution in [0.5, 0.6) is 0 Å². The molecular formula is C24H26O2. The van der Waals surface area contributed by atoms with Gasteiger partial charge in [-0.3, -0.25) is 0 Å². The molecule has 2 nitrogen and oxygen atoms in total. The summed E-state index contributed by atoms with van der Waals surface area (Å²) in [6.45, 7) is 4.14. The summed E-state index contributed by atoms with van der Waals surface area (Å²) in [5, 5.41) is 20.4. The van der Waals surface area contributed by atoms with E-state index in [1.54, 1.807) is 0 Å². The SMILES string of the molecule is CC(CO)(c1ccccc1)c1cccc(C(C)(CO)c2ccccc2)c1. The van der Waals surface area contributed by atoms with Crippen LogP contribution in [-0.4, -0.2) is 23.4 Å². The fourth-order valence-corrected chi connectivity index (χ4v) is 3.52. The van der Waals surface area contributed by atoms with E-state index in [0.717, 1.165) is 22.3 Å². The summed E-state index contributed by atoms with van der Waals surface area (Å²) >= 11 is 0. The highest BCUT2D eigenvalue weighted by atomic mass is 16.3. The van der Waals surface area contributed by atoms with Crippen molar-refractivity contribution in [1.29, 1.82) is 0 Å². The fraction of sp³-hybridized carbons (Fsp3) is 0.250. The number of rotatable bonds is 6. The molecular weight excluding hydrogens is 320 g/mol. The normalized spacial score (nSPS) is 15.8. The second-order valence-electron chi connectivity index (χ2n) is 7.29. The minimum atomic E-state index is -0.496. The van der Waals surface area contributed by atoms with Gasteiger partial charge in [0.2, 0.25) is 0 Å². The zero-order valence-corrected chi connectivity index (χ0v) is 15.4. The molecule has 134 valence electrons. The Labute approximate surface area is 155 Å². The average molecular weight is 346 g/mol. The van der Waals surface area contributed by atoms with Crippen LogP contribution in [0.3, 0.4) is 0 Å². The Morgan fingerprint density at radius 2 is 0.885 bits per heavy atom. The Hall–Kier alpha value is -2.42. The summed E-state index contributed by atoms with van der Waals surface area (Å²) in [4.78, 5) is 0. The first-order valence-electron chi connectivity index (χ1n) is 8.98. The highest BCUT2D eigenvalue weighted by molar-refractivity contribution is 5.45. The lowest BCUT2D eigenvalue weighted by atomic mass is 9.72. The molecule has 0 aliphatic carbocycles. The molecule has 0 radical (unpaired) electrons. The average Bonchev–Trinajstić information content (AvgIpc) is 2.74. The third-order valence-corrected chi connectivity index (χ3v) is 5.59. The Morgan fingerprint density at radius 1 is 0.538 bits per heavy atom. The molecule has 26 heavy (non-hydrogen) atoms. The van der Waals surface area contributed by atoms with Crippen LogP contribution in [0, 0.1) is 0 Å². The van der Waals surface area contributed by atoms with E-state index in [2.05, 4.69) is 32.0 Å². The summed E-state index contributed by atoms with van der Waals surface area (Å²) in [5.41, 5.74) is 3.24. The van der Waals surface area contributed by atoms with Crippen molar-refractivity contribution >= 4 is 0 Å². The van der Waals surface area contributed by atoms with E-state index in [4.69, 9.17) is 0 Å². The molecule has 0 aliphatic heterocycles. The van der Waals surface area contributed by atoms with Gasteiger partial charge < -0.3 is 10.2 Å². The van der Waals surface area contributed by atoms with E-state index in [9.17, 15) is 10.2 Å². The van der Waals surface area contributed by atoms with Crippen LogP contribution in [0.25, 0.3) is 0 Å². The first-order valence-corrected chi connectivity index (χ1v) is 8.98. The second kappa shape index (κ2) is 7.45. The first kappa shape index (κ1) is 18.4. The van der Waals surface area contributed by atoms with Crippen LogP contribution >= 0.6 is 0 Å². The molecule has 2 heteroatoms. The maximum Gasteiger partial charge on any atom is 0.0566 e. The quantitative estimate of drug-likeness (QED) is 0.699. The highest BCUT2D eigenvalue weighted by Gasteiger charge is 2.32. The van der Waals surface area contributed by atoms with Gasteiger partial charge in [0, 0.05) is 10.8 Å². The fourth-order valence-electron chi connectivity index (χ4n) is 3.52. The third-order valence-electron chi connectivity index (χ3n) is 5.59. The van der Waals surface area contributed by atoms with Crippen LogP contribution < -0.4 is 0 Å². The van der Waals surface area contributed by atoms with Crippen molar-refractivity contribution in [3.05, 3.63) is 107 Å². The molecule has 0 aliphatic rings. The standard InChI is InChI=1S/C24H26O2/c1-23(17-25,19-10-5-3-6-11-19)21-14-9-15-22(16-21)24(2,18-26)20-12-7-4-8-13-20/h3-16,25-26H,17-18H2,1-2H3.